The highest BCUT2D eigenvalue weighted by molar-refractivity contribution is 6.76. The second kappa shape index (κ2) is 13.0. The minimum absolute atomic E-state index is 0.0468. The molecule has 0 aliphatic carbocycles. The van der Waals surface area contributed by atoms with Crippen molar-refractivity contribution >= 4 is 31.2 Å². The summed E-state index contributed by atoms with van der Waals surface area (Å²) in [6.45, 7) is 14.0. The topological polar surface area (TPSA) is 103 Å². The minimum atomic E-state index is -1.33. The fourth-order valence-electron chi connectivity index (χ4n) is 4.91. The van der Waals surface area contributed by atoms with Gasteiger partial charge in [-0.15, -0.1) is 0 Å². The number of nitrogens with zero attached hydrogens (tertiary/aromatic N) is 3. The number of benzene rings is 1. The Morgan fingerprint density at radius 3 is 2.33 bits per heavy atom. The number of pyridine rings is 1. The van der Waals surface area contributed by atoms with E-state index in [4.69, 9.17) is 14.2 Å². The van der Waals surface area contributed by atoms with Crippen molar-refractivity contribution in [1.82, 2.24) is 14.5 Å². The summed E-state index contributed by atoms with van der Waals surface area (Å²) in [5, 5.41) is 10.4. The second-order valence-electron chi connectivity index (χ2n) is 13.2. The number of rotatable bonds is 10. The number of carboxylic acids is 1. The first-order valence-corrected chi connectivity index (χ1v) is 18.2. The molecule has 1 fully saturated rings. The number of aromatic carboxylic acids is 1. The summed E-state index contributed by atoms with van der Waals surface area (Å²) in [6.07, 6.45) is 3.82. The predicted molar refractivity (Wildman–Crippen MR) is 162 cm³/mol. The molecule has 4 rings (SSSR count). The summed E-state index contributed by atoms with van der Waals surface area (Å²) < 4.78 is 48.0. The maximum absolute atomic E-state index is 14.3. The molecule has 1 aromatic carbocycles. The van der Waals surface area contributed by atoms with Crippen LogP contribution in [-0.2, 0) is 16.2 Å². The third kappa shape index (κ3) is 8.53. The molecule has 12 heteroatoms. The van der Waals surface area contributed by atoms with Gasteiger partial charge in [-0.05, 0) is 63.3 Å². The number of ether oxygens (including phenoxy) is 3. The standard InChI is InChI=1S/C31H41F2N3O6Si/c1-31(2,3)42-30(39)35-9-7-20(8-10-35)18-41-27-24(29(37)38)16-34-28-26(27)25(21-13-22(32)15-23(33)14-21)17-36(28)19-40-11-12-43(4,5)6/h13-17,20H,7-12,18-19H2,1-6H3,(H,37,38). The van der Waals surface area contributed by atoms with Crippen LogP contribution in [0.5, 0.6) is 5.75 Å². The molecule has 0 saturated carbocycles. The van der Waals surface area contributed by atoms with E-state index < -0.39 is 31.3 Å². The van der Waals surface area contributed by atoms with Crippen LogP contribution in [0.2, 0.25) is 25.7 Å². The van der Waals surface area contributed by atoms with Gasteiger partial charge in [-0.2, -0.15) is 0 Å². The summed E-state index contributed by atoms with van der Waals surface area (Å²) in [4.78, 5) is 30.8. The van der Waals surface area contributed by atoms with Crippen LogP contribution in [0.15, 0.2) is 30.6 Å². The van der Waals surface area contributed by atoms with Gasteiger partial charge in [0.2, 0.25) is 0 Å². The van der Waals surface area contributed by atoms with Crippen molar-refractivity contribution in [2.45, 2.75) is 71.6 Å². The quantitative estimate of drug-likeness (QED) is 0.193. The van der Waals surface area contributed by atoms with Crippen molar-refractivity contribution in [2.24, 2.45) is 5.92 Å². The molecule has 0 atom stereocenters. The minimum Gasteiger partial charge on any atom is -0.492 e. The number of hydrogen-bond acceptors (Lipinski definition) is 6. The van der Waals surface area contributed by atoms with Gasteiger partial charge in [0.25, 0.3) is 0 Å². The fourth-order valence-corrected chi connectivity index (χ4v) is 5.66. The molecule has 1 aliphatic rings. The van der Waals surface area contributed by atoms with E-state index >= 15 is 0 Å². The molecule has 43 heavy (non-hydrogen) atoms. The number of carbonyl (C=O) groups excluding carboxylic acids is 1. The Balaban J connectivity index is 1.64. The Morgan fingerprint density at radius 2 is 1.74 bits per heavy atom. The number of fused-ring (bicyclic) bond motifs is 1. The summed E-state index contributed by atoms with van der Waals surface area (Å²) >= 11 is 0. The summed E-state index contributed by atoms with van der Waals surface area (Å²) in [7, 11) is -1.33. The highest BCUT2D eigenvalue weighted by Gasteiger charge is 2.29. The molecule has 9 nitrogen and oxygen atoms in total. The van der Waals surface area contributed by atoms with E-state index in [1.807, 2.05) is 20.8 Å². The van der Waals surface area contributed by atoms with Crippen LogP contribution >= 0.6 is 0 Å². The molecule has 234 valence electrons. The second-order valence-corrected chi connectivity index (χ2v) is 18.9. The molecular formula is C31H41F2N3O6Si. The van der Waals surface area contributed by atoms with Crippen molar-refractivity contribution in [3.8, 4) is 16.9 Å². The smallest absolute Gasteiger partial charge is 0.410 e. The predicted octanol–water partition coefficient (Wildman–Crippen LogP) is 7.02. The van der Waals surface area contributed by atoms with Crippen molar-refractivity contribution in [2.75, 3.05) is 26.3 Å². The van der Waals surface area contributed by atoms with Crippen LogP contribution in [0.25, 0.3) is 22.2 Å². The van der Waals surface area contributed by atoms with Gasteiger partial charge >= 0.3 is 12.1 Å². The van der Waals surface area contributed by atoms with Gasteiger partial charge in [0, 0.05) is 51.8 Å². The molecule has 1 N–H and O–H groups in total. The Labute approximate surface area is 251 Å². The first-order valence-electron chi connectivity index (χ1n) is 14.5. The lowest BCUT2D eigenvalue weighted by atomic mass is 9.98. The number of aromatic nitrogens is 2. The Kier molecular flexibility index (Phi) is 9.80. The first-order chi connectivity index (χ1) is 20.1. The van der Waals surface area contributed by atoms with E-state index in [0.29, 0.717) is 49.1 Å². The molecule has 2 aromatic heterocycles. The molecule has 3 aromatic rings. The van der Waals surface area contributed by atoms with Crippen molar-refractivity contribution < 1.29 is 37.7 Å². The van der Waals surface area contributed by atoms with E-state index in [0.717, 1.165) is 12.1 Å². The molecular weight excluding hydrogens is 576 g/mol. The maximum Gasteiger partial charge on any atom is 0.410 e. The van der Waals surface area contributed by atoms with Crippen LogP contribution in [0.4, 0.5) is 13.6 Å². The zero-order chi connectivity index (χ0) is 31.5. The van der Waals surface area contributed by atoms with E-state index in [-0.39, 0.29) is 42.2 Å². The van der Waals surface area contributed by atoms with Gasteiger partial charge in [0.15, 0.2) is 0 Å². The Morgan fingerprint density at radius 1 is 1.09 bits per heavy atom. The number of piperidine rings is 1. The summed E-state index contributed by atoms with van der Waals surface area (Å²) in [5.41, 5.74) is 0.243. The number of carbonyl (C=O) groups is 2. The SMILES string of the molecule is CC(C)(C)OC(=O)N1CCC(COc2c(C(=O)O)cnc3c2c(-c2cc(F)cc(F)c2)cn3COCC[Si](C)(C)C)CC1. The van der Waals surface area contributed by atoms with Gasteiger partial charge < -0.3 is 28.8 Å². The van der Waals surface area contributed by atoms with E-state index in [2.05, 4.69) is 24.6 Å². The van der Waals surface area contributed by atoms with Gasteiger partial charge in [-0.25, -0.2) is 23.4 Å². The van der Waals surface area contributed by atoms with Gasteiger partial charge in [-0.3, -0.25) is 0 Å². The maximum atomic E-state index is 14.3. The third-order valence-electron chi connectivity index (χ3n) is 7.20. The zero-order valence-corrected chi connectivity index (χ0v) is 26.7. The van der Waals surface area contributed by atoms with Crippen LogP contribution < -0.4 is 4.74 Å². The van der Waals surface area contributed by atoms with E-state index in [9.17, 15) is 23.5 Å². The highest BCUT2D eigenvalue weighted by atomic mass is 28.3. The molecule has 1 amide bonds. The normalized spacial score (nSPS) is 14.7. The van der Waals surface area contributed by atoms with Gasteiger partial charge in [0.05, 0.1) is 12.0 Å². The Hall–Kier alpha value is -3.51. The molecule has 0 bridgehead atoms. The van der Waals surface area contributed by atoms with Crippen LogP contribution in [0.3, 0.4) is 0 Å². The van der Waals surface area contributed by atoms with E-state index in [1.54, 1.807) is 15.7 Å². The fraction of sp³-hybridized carbons (Fsp3) is 0.516. The summed E-state index contributed by atoms with van der Waals surface area (Å²) in [5.74, 6) is -2.63. The number of hydrogen-bond donors (Lipinski definition) is 1. The third-order valence-corrected chi connectivity index (χ3v) is 8.90. The molecule has 1 aliphatic heterocycles. The molecule has 0 radical (unpaired) electrons. The number of halogens is 2. The van der Waals surface area contributed by atoms with E-state index in [1.165, 1.54) is 18.3 Å². The average Bonchev–Trinajstić information content (AvgIpc) is 3.27. The van der Waals surface area contributed by atoms with Crippen molar-refractivity contribution in [1.29, 1.82) is 0 Å². The lowest BCUT2D eigenvalue weighted by Crippen LogP contribution is -2.42. The average molecular weight is 618 g/mol. The van der Waals surface area contributed by atoms with Crippen LogP contribution in [-0.4, -0.2) is 71.6 Å². The lowest BCUT2D eigenvalue weighted by molar-refractivity contribution is 0.0164. The first kappa shape index (κ1) is 32.4. The van der Waals surface area contributed by atoms with Crippen molar-refractivity contribution in [3.63, 3.8) is 0 Å². The number of likely N-dealkylation sites (tertiary alicyclic amines) is 1. The molecule has 0 spiro atoms. The molecule has 3 heterocycles. The monoisotopic (exact) mass is 617 g/mol. The Bertz CT molecular complexity index is 1450. The number of amides is 1. The lowest BCUT2D eigenvalue weighted by Gasteiger charge is -2.33. The summed E-state index contributed by atoms with van der Waals surface area (Å²) in [6, 6.07) is 4.12. The zero-order valence-electron chi connectivity index (χ0n) is 25.7. The largest absolute Gasteiger partial charge is 0.492 e. The van der Waals surface area contributed by atoms with Crippen molar-refractivity contribution in [3.05, 3.63) is 47.8 Å². The van der Waals surface area contributed by atoms with Gasteiger partial charge in [0.1, 0.15) is 40.9 Å². The number of carboxylic acid groups (broad SMARTS) is 1. The van der Waals surface area contributed by atoms with Crippen LogP contribution in [0.1, 0.15) is 44.0 Å². The highest BCUT2D eigenvalue weighted by Crippen LogP contribution is 2.39. The molecule has 1 saturated heterocycles. The van der Waals surface area contributed by atoms with Crippen LogP contribution in [0, 0.1) is 17.6 Å². The van der Waals surface area contributed by atoms with Gasteiger partial charge in [-0.1, -0.05) is 19.6 Å². The molecule has 0 unspecified atom stereocenters.